The van der Waals surface area contributed by atoms with Crippen LogP contribution in [0, 0.1) is 5.92 Å². The molecule has 0 spiro atoms. The topological polar surface area (TPSA) is 70.4 Å². The molecule has 1 aromatic rings. The number of amides is 2. The van der Waals surface area contributed by atoms with Crippen LogP contribution in [0.1, 0.15) is 24.9 Å². The van der Waals surface area contributed by atoms with Crippen LogP contribution >= 0.6 is 0 Å². The second-order valence-corrected chi connectivity index (χ2v) is 5.67. The average Bonchev–Trinajstić information content (AvgIpc) is 2.82. The number of carbonyl (C=O) groups excluding carboxylic acids is 1. The van der Waals surface area contributed by atoms with E-state index in [-0.39, 0.29) is 12.1 Å². The van der Waals surface area contributed by atoms with Crippen LogP contribution in [0.25, 0.3) is 0 Å². The van der Waals surface area contributed by atoms with E-state index in [4.69, 9.17) is 5.73 Å². The fourth-order valence-electron chi connectivity index (χ4n) is 2.50. The van der Waals surface area contributed by atoms with Crippen LogP contribution in [0.3, 0.4) is 0 Å². The van der Waals surface area contributed by atoms with Crippen LogP contribution < -0.4 is 16.4 Å². The second-order valence-electron chi connectivity index (χ2n) is 5.67. The predicted molar refractivity (Wildman–Crippen MR) is 81.7 cm³/mol. The molecular weight excluding hydrogens is 252 g/mol. The molecular formula is C15H24N4O. The Hall–Kier alpha value is -1.59. The number of hydrogen-bond acceptors (Lipinski definition) is 3. The molecule has 1 aliphatic rings. The van der Waals surface area contributed by atoms with Gasteiger partial charge in [-0.25, -0.2) is 4.79 Å². The van der Waals surface area contributed by atoms with E-state index < -0.39 is 0 Å². The zero-order valence-electron chi connectivity index (χ0n) is 12.2. The van der Waals surface area contributed by atoms with Gasteiger partial charge in [-0.1, -0.05) is 12.1 Å². The van der Waals surface area contributed by atoms with Crippen LogP contribution in [-0.4, -0.2) is 37.6 Å². The van der Waals surface area contributed by atoms with Crippen molar-refractivity contribution >= 4 is 11.7 Å². The van der Waals surface area contributed by atoms with Crippen molar-refractivity contribution < 1.29 is 4.79 Å². The van der Waals surface area contributed by atoms with Crippen molar-refractivity contribution in [2.24, 2.45) is 11.7 Å². The van der Waals surface area contributed by atoms with Gasteiger partial charge in [-0.05, 0) is 50.6 Å². The molecule has 5 nitrogen and oxygen atoms in total. The van der Waals surface area contributed by atoms with Crippen molar-refractivity contribution in [3.63, 3.8) is 0 Å². The van der Waals surface area contributed by atoms with E-state index in [9.17, 15) is 4.79 Å². The molecule has 110 valence electrons. The SMILES string of the molecule is CC(N)c1cccc(NC(=O)NCC2CCN(C)C2)c1. The zero-order chi connectivity index (χ0) is 14.5. The van der Waals surface area contributed by atoms with Crippen molar-refractivity contribution in [2.45, 2.75) is 19.4 Å². The number of anilines is 1. The highest BCUT2D eigenvalue weighted by atomic mass is 16.2. The third-order valence-corrected chi connectivity index (χ3v) is 3.71. The van der Waals surface area contributed by atoms with Crippen LogP contribution in [0.15, 0.2) is 24.3 Å². The summed E-state index contributed by atoms with van der Waals surface area (Å²) < 4.78 is 0. The Morgan fingerprint density at radius 2 is 2.35 bits per heavy atom. The molecule has 1 fully saturated rings. The molecule has 0 aliphatic carbocycles. The normalized spacial score (nSPS) is 20.6. The van der Waals surface area contributed by atoms with Crippen molar-refractivity contribution in [1.82, 2.24) is 10.2 Å². The molecule has 20 heavy (non-hydrogen) atoms. The monoisotopic (exact) mass is 276 g/mol. The zero-order valence-corrected chi connectivity index (χ0v) is 12.2. The first kappa shape index (κ1) is 14.8. The fourth-order valence-corrected chi connectivity index (χ4v) is 2.50. The smallest absolute Gasteiger partial charge is 0.319 e. The lowest BCUT2D eigenvalue weighted by atomic mass is 10.1. The summed E-state index contributed by atoms with van der Waals surface area (Å²) in [6.07, 6.45) is 1.15. The molecule has 0 bridgehead atoms. The quantitative estimate of drug-likeness (QED) is 0.785. The summed E-state index contributed by atoms with van der Waals surface area (Å²) in [5.74, 6) is 0.557. The summed E-state index contributed by atoms with van der Waals surface area (Å²) >= 11 is 0. The van der Waals surface area contributed by atoms with Gasteiger partial charge in [0.25, 0.3) is 0 Å². The summed E-state index contributed by atoms with van der Waals surface area (Å²) in [7, 11) is 2.11. The Labute approximate surface area is 120 Å². The molecule has 2 amide bonds. The van der Waals surface area contributed by atoms with Crippen molar-refractivity contribution in [2.75, 3.05) is 32.0 Å². The third kappa shape index (κ3) is 4.21. The van der Waals surface area contributed by atoms with Gasteiger partial charge in [-0.3, -0.25) is 0 Å². The van der Waals surface area contributed by atoms with E-state index in [2.05, 4.69) is 22.6 Å². The van der Waals surface area contributed by atoms with Crippen molar-refractivity contribution in [1.29, 1.82) is 0 Å². The molecule has 4 N–H and O–H groups in total. The average molecular weight is 276 g/mol. The highest BCUT2D eigenvalue weighted by Crippen LogP contribution is 2.16. The molecule has 2 rings (SSSR count). The molecule has 0 aromatic heterocycles. The van der Waals surface area contributed by atoms with Crippen molar-refractivity contribution in [3.8, 4) is 0 Å². The summed E-state index contributed by atoms with van der Waals surface area (Å²) in [4.78, 5) is 14.2. The molecule has 0 radical (unpaired) electrons. The first-order chi connectivity index (χ1) is 9.54. The van der Waals surface area contributed by atoms with Gasteiger partial charge in [-0.15, -0.1) is 0 Å². The number of benzene rings is 1. The molecule has 1 aliphatic heterocycles. The minimum Gasteiger partial charge on any atom is -0.338 e. The van der Waals surface area contributed by atoms with Crippen LogP contribution in [0.5, 0.6) is 0 Å². The number of hydrogen-bond donors (Lipinski definition) is 3. The number of urea groups is 1. The Morgan fingerprint density at radius 1 is 1.55 bits per heavy atom. The van der Waals surface area contributed by atoms with Gasteiger partial charge in [0, 0.05) is 24.8 Å². The van der Waals surface area contributed by atoms with Crippen LogP contribution in [-0.2, 0) is 0 Å². The molecule has 1 saturated heterocycles. The van der Waals surface area contributed by atoms with Gasteiger partial charge in [0.1, 0.15) is 0 Å². The van der Waals surface area contributed by atoms with Gasteiger partial charge in [0.2, 0.25) is 0 Å². The lowest BCUT2D eigenvalue weighted by molar-refractivity contribution is 0.250. The molecule has 1 heterocycles. The second kappa shape index (κ2) is 6.72. The maximum Gasteiger partial charge on any atom is 0.319 e. The summed E-state index contributed by atoms with van der Waals surface area (Å²) in [5, 5.41) is 5.79. The number of rotatable bonds is 4. The Balaban J connectivity index is 1.80. The number of carbonyl (C=O) groups is 1. The standard InChI is InChI=1S/C15H24N4O/c1-11(16)13-4-3-5-14(8-13)18-15(20)17-9-12-6-7-19(2)10-12/h3-5,8,11-12H,6-7,9-10,16H2,1-2H3,(H2,17,18,20). The van der Waals surface area contributed by atoms with Gasteiger partial charge in [-0.2, -0.15) is 0 Å². The minimum atomic E-state index is -0.152. The maximum absolute atomic E-state index is 11.9. The number of nitrogens with two attached hydrogens (primary N) is 1. The summed E-state index contributed by atoms with van der Waals surface area (Å²) in [6.45, 7) is 4.82. The first-order valence-electron chi connectivity index (χ1n) is 7.13. The highest BCUT2D eigenvalue weighted by molar-refractivity contribution is 5.89. The lowest BCUT2D eigenvalue weighted by Crippen LogP contribution is -2.33. The van der Waals surface area contributed by atoms with Crippen molar-refractivity contribution in [3.05, 3.63) is 29.8 Å². The number of nitrogens with one attached hydrogen (secondary N) is 2. The largest absolute Gasteiger partial charge is 0.338 e. The summed E-state index contributed by atoms with van der Waals surface area (Å²) in [5.41, 5.74) is 7.63. The first-order valence-corrected chi connectivity index (χ1v) is 7.13. The number of likely N-dealkylation sites (tertiary alicyclic amines) is 1. The minimum absolute atomic E-state index is 0.0335. The van der Waals surface area contributed by atoms with E-state index in [0.29, 0.717) is 5.92 Å². The molecule has 0 saturated carbocycles. The predicted octanol–water partition coefficient (Wildman–Crippen LogP) is 1.78. The maximum atomic E-state index is 11.9. The van der Waals surface area contributed by atoms with Crippen LogP contribution in [0.2, 0.25) is 0 Å². The Kier molecular flexibility index (Phi) is 4.98. The number of nitrogens with zero attached hydrogens (tertiary/aromatic N) is 1. The Bertz CT molecular complexity index is 461. The van der Waals surface area contributed by atoms with E-state index in [1.165, 1.54) is 0 Å². The van der Waals surface area contributed by atoms with E-state index in [1.807, 2.05) is 31.2 Å². The third-order valence-electron chi connectivity index (χ3n) is 3.71. The Morgan fingerprint density at radius 3 is 3.00 bits per heavy atom. The molecule has 5 heteroatoms. The summed E-state index contributed by atoms with van der Waals surface area (Å²) in [6, 6.07) is 7.46. The highest BCUT2D eigenvalue weighted by Gasteiger charge is 2.19. The molecule has 2 unspecified atom stereocenters. The van der Waals surface area contributed by atoms with Crippen LogP contribution in [0.4, 0.5) is 10.5 Å². The van der Waals surface area contributed by atoms with Gasteiger partial charge < -0.3 is 21.3 Å². The lowest BCUT2D eigenvalue weighted by Gasteiger charge is -2.13. The fraction of sp³-hybridized carbons (Fsp3) is 0.533. The van der Waals surface area contributed by atoms with E-state index >= 15 is 0 Å². The van der Waals surface area contributed by atoms with E-state index in [1.54, 1.807) is 0 Å². The molecule has 2 atom stereocenters. The van der Waals surface area contributed by atoms with Gasteiger partial charge in [0.05, 0.1) is 0 Å². The van der Waals surface area contributed by atoms with E-state index in [0.717, 1.165) is 37.3 Å². The molecule has 1 aromatic carbocycles. The van der Waals surface area contributed by atoms with Gasteiger partial charge >= 0.3 is 6.03 Å². The van der Waals surface area contributed by atoms with Gasteiger partial charge in [0.15, 0.2) is 0 Å².